The molecule has 0 saturated heterocycles. The molecule has 0 aliphatic heterocycles. The molecule has 0 amide bonds. The normalized spacial score (nSPS) is 18.0. The summed E-state index contributed by atoms with van der Waals surface area (Å²) in [4.78, 5) is 0. The molecule has 1 unspecified atom stereocenters. The molecule has 4 nitrogen and oxygen atoms in total. The van der Waals surface area contributed by atoms with Gasteiger partial charge in [0.1, 0.15) is 5.54 Å². The van der Waals surface area contributed by atoms with Crippen LogP contribution in [-0.2, 0) is 0 Å². The molecule has 0 spiro atoms. The average molecular weight is 178 g/mol. The van der Waals surface area contributed by atoms with Gasteiger partial charge < -0.3 is 19.8 Å². The highest BCUT2D eigenvalue weighted by atomic mass is 16.5. The number of aliphatic hydroxyl groups is 3. The van der Waals surface area contributed by atoms with E-state index in [0.717, 1.165) is 0 Å². The largest absolute Gasteiger partial charge is 0.396 e. The first-order chi connectivity index (χ1) is 5.25. The molecule has 0 aliphatic rings. The van der Waals surface area contributed by atoms with Crippen molar-refractivity contribution < 1.29 is 19.8 Å². The molecule has 0 bridgehead atoms. The second-order valence-electron chi connectivity index (χ2n) is 4.22. The van der Waals surface area contributed by atoms with Crippen LogP contribution in [0.4, 0.5) is 0 Å². The molecule has 4 heteroatoms. The van der Waals surface area contributed by atoms with Gasteiger partial charge in [-0.15, -0.1) is 0 Å². The molecule has 0 radical (unpaired) electrons. The number of hydrogen-bond acceptors (Lipinski definition) is 3. The molecule has 3 N–H and O–H groups in total. The van der Waals surface area contributed by atoms with Crippen LogP contribution in [-0.4, -0.2) is 59.4 Å². The zero-order valence-corrected chi connectivity index (χ0v) is 8.28. The number of aliphatic hydroxyl groups excluding tert-OH is 2. The van der Waals surface area contributed by atoms with Crippen molar-refractivity contribution >= 4 is 0 Å². The van der Waals surface area contributed by atoms with Crippen LogP contribution in [0.25, 0.3) is 0 Å². The summed E-state index contributed by atoms with van der Waals surface area (Å²) in [7, 11) is 5.61. The van der Waals surface area contributed by atoms with Crippen LogP contribution in [0.3, 0.4) is 0 Å². The highest BCUT2D eigenvalue weighted by Crippen LogP contribution is 2.25. The first-order valence-electron chi connectivity index (χ1n) is 4.04. The van der Waals surface area contributed by atoms with E-state index in [2.05, 4.69) is 0 Å². The van der Waals surface area contributed by atoms with Gasteiger partial charge in [0.2, 0.25) is 6.29 Å². The molecule has 0 aliphatic carbocycles. The fourth-order valence-electron chi connectivity index (χ4n) is 1.04. The zero-order valence-electron chi connectivity index (χ0n) is 8.28. The number of hydrogen-bond donors (Lipinski definition) is 3. The van der Waals surface area contributed by atoms with Crippen LogP contribution < -0.4 is 0 Å². The van der Waals surface area contributed by atoms with Crippen molar-refractivity contribution in [2.45, 2.75) is 25.2 Å². The highest BCUT2D eigenvalue weighted by Gasteiger charge is 2.43. The van der Waals surface area contributed by atoms with Gasteiger partial charge in [0, 0.05) is 13.0 Å². The lowest BCUT2D eigenvalue weighted by Crippen LogP contribution is -2.62. The number of quaternary nitrogens is 1. The maximum absolute atomic E-state index is 9.17. The second kappa shape index (κ2) is 3.70. The zero-order chi connectivity index (χ0) is 9.99. The van der Waals surface area contributed by atoms with E-state index in [9.17, 15) is 0 Å². The first kappa shape index (κ1) is 11.8. The van der Waals surface area contributed by atoms with Gasteiger partial charge in [-0.25, -0.2) is 0 Å². The second-order valence-corrected chi connectivity index (χ2v) is 4.22. The number of nitrogens with zero attached hydrogens (tertiary/aromatic N) is 1. The molecule has 0 aromatic carbocycles. The third-order valence-corrected chi connectivity index (χ3v) is 2.71. The molecule has 0 rings (SSSR count). The summed E-state index contributed by atoms with van der Waals surface area (Å²) < 4.78 is 0.408. The Hall–Kier alpha value is -0.160. The van der Waals surface area contributed by atoms with Crippen LogP contribution in [0.1, 0.15) is 13.3 Å². The smallest absolute Gasteiger partial charge is 0.208 e. The monoisotopic (exact) mass is 178 g/mol. The molecule has 12 heavy (non-hydrogen) atoms. The van der Waals surface area contributed by atoms with E-state index in [-0.39, 0.29) is 6.61 Å². The van der Waals surface area contributed by atoms with Gasteiger partial charge in [0.25, 0.3) is 0 Å². The van der Waals surface area contributed by atoms with Crippen molar-refractivity contribution in [1.82, 2.24) is 0 Å². The average Bonchev–Trinajstić information content (AvgIpc) is 1.85. The van der Waals surface area contributed by atoms with Crippen LogP contribution in [0.2, 0.25) is 0 Å². The fourth-order valence-corrected chi connectivity index (χ4v) is 1.04. The van der Waals surface area contributed by atoms with Crippen LogP contribution >= 0.6 is 0 Å². The molecule has 0 fully saturated rings. The summed E-state index contributed by atoms with van der Waals surface area (Å²) in [6.07, 6.45) is -1.04. The Kier molecular flexibility index (Phi) is 3.65. The van der Waals surface area contributed by atoms with E-state index in [1.54, 1.807) is 6.92 Å². The lowest BCUT2D eigenvalue weighted by atomic mass is 9.93. The predicted molar refractivity (Wildman–Crippen MR) is 46.4 cm³/mol. The molecule has 0 aromatic heterocycles. The first-order valence-corrected chi connectivity index (χ1v) is 4.04. The molecule has 0 aromatic rings. The van der Waals surface area contributed by atoms with E-state index in [1.165, 1.54) is 0 Å². The Labute approximate surface area is 73.6 Å². The van der Waals surface area contributed by atoms with E-state index in [0.29, 0.717) is 10.9 Å². The molecular formula is C8H20NO3+. The van der Waals surface area contributed by atoms with Crippen molar-refractivity contribution in [2.24, 2.45) is 0 Å². The minimum atomic E-state index is -1.41. The van der Waals surface area contributed by atoms with Gasteiger partial charge in [-0.1, -0.05) is 0 Å². The maximum Gasteiger partial charge on any atom is 0.208 e. The summed E-state index contributed by atoms with van der Waals surface area (Å²) >= 11 is 0. The Morgan fingerprint density at radius 1 is 1.25 bits per heavy atom. The van der Waals surface area contributed by atoms with Gasteiger partial charge in [0.15, 0.2) is 0 Å². The summed E-state index contributed by atoms with van der Waals surface area (Å²) in [5, 5.41) is 27.1. The molecule has 1 atom stereocenters. The van der Waals surface area contributed by atoms with Crippen molar-refractivity contribution in [3.63, 3.8) is 0 Å². The van der Waals surface area contributed by atoms with Crippen LogP contribution in [0, 0.1) is 0 Å². The Morgan fingerprint density at radius 2 is 1.67 bits per heavy atom. The van der Waals surface area contributed by atoms with Crippen molar-refractivity contribution in [2.75, 3.05) is 27.7 Å². The predicted octanol–water partition coefficient (Wildman–Crippen LogP) is -0.856. The highest BCUT2D eigenvalue weighted by molar-refractivity contribution is 4.76. The van der Waals surface area contributed by atoms with Gasteiger partial charge in [-0.05, 0) is 6.92 Å². The van der Waals surface area contributed by atoms with Crippen molar-refractivity contribution in [1.29, 1.82) is 0 Å². The molecular weight excluding hydrogens is 158 g/mol. The molecule has 0 heterocycles. The Bertz CT molecular complexity index is 142. The van der Waals surface area contributed by atoms with E-state index >= 15 is 0 Å². The van der Waals surface area contributed by atoms with E-state index in [1.807, 2.05) is 21.1 Å². The standard InChI is InChI=1S/C8H20NO3/c1-8(5-6-10,7(11)12)9(2,3)4/h7,10-12H,5-6H2,1-4H3/q+1. The summed E-state index contributed by atoms with van der Waals surface area (Å²) in [6.45, 7) is 1.71. The maximum atomic E-state index is 9.17. The van der Waals surface area contributed by atoms with Crippen molar-refractivity contribution in [3.05, 3.63) is 0 Å². The molecule has 0 saturated carbocycles. The summed E-state index contributed by atoms with van der Waals surface area (Å²) in [5.74, 6) is 0. The number of rotatable bonds is 4. The summed E-state index contributed by atoms with van der Waals surface area (Å²) in [6, 6.07) is 0. The summed E-state index contributed by atoms with van der Waals surface area (Å²) in [5.41, 5.74) is -0.714. The molecule has 74 valence electrons. The van der Waals surface area contributed by atoms with Gasteiger partial charge >= 0.3 is 0 Å². The van der Waals surface area contributed by atoms with Gasteiger partial charge in [0.05, 0.1) is 21.1 Å². The fraction of sp³-hybridized carbons (Fsp3) is 1.00. The van der Waals surface area contributed by atoms with Crippen LogP contribution in [0.5, 0.6) is 0 Å². The van der Waals surface area contributed by atoms with E-state index in [4.69, 9.17) is 15.3 Å². The van der Waals surface area contributed by atoms with E-state index < -0.39 is 11.8 Å². The third kappa shape index (κ3) is 2.17. The van der Waals surface area contributed by atoms with Gasteiger partial charge in [-0.3, -0.25) is 0 Å². The topological polar surface area (TPSA) is 60.7 Å². The quantitative estimate of drug-likeness (QED) is 0.388. The van der Waals surface area contributed by atoms with Crippen LogP contribution in [0.15, 0.2) is 0 Å². The number of likely N-dealkylation sites (N-methyl/N-ethyl adjacent to an activating group) is 1. The Balaban J connectivity index is 4.62. The third-order valence-electron chi connectivity index (χ3n) is 2.71. The minimum Gasteiger partial charge on any atom is -0.396 e. The Morgan fingerprint density at radius 3 is 1.75 bits per heavy atom. The van der Waals surface area contributed by atoms with Gasteiger partial charge in [-0.2, -0.15) is 0 Å². The lowest BCUT2D eigenvalue weighted by molar-refractivity contribution is -0.930. The minimum absolute atomic E-state index is 0.0381. The lowest BCUT2D eigenvalue weighted by Gasteiger charge is -2.44. The van der Waals surface area contributed by atoms with Crippen molar-refractivity contribution in [3.8, 4) is 0 Å². The SMILES string of the molecule is CC(CCO)(C(O)O)[N+](C)(C)C.